The molecule has 20 heavy (non-hydrogen) atoms. The Morgan fingerprint density at radius 1 is 1.60 bits per heavy atom. The number of nitrogen functional groups attached to an aromatic ring is 1. The van der Waals surface area contributed by atoms with Crippen molar-refractivity contribution in [1.29, 1.82) is 0 Å². The second-order valence-corrected chi connectivity index (χ2v) is 5.96. The SMILES string of the molecule is CC1(C)CCC(NC(=O)c2cc(N)ncc2[N+](=O)[O-])C1. The molecular weight excluding hydrogens is 260 g/mol. The summed E-state index contributed by atoms with van der Waals surface area (Å²) in [6.07, 6.45) is 3.79. The molecule has 1 unspecified atom stereocenters. The molecule has 1 heterocycles. The van der Waals surface area contributed by atoms with Crippen molar-refractivity contribution >= 4 is 17.4 Å². The zero-order valence-corrected chi connectivity index (χ0v) is 11.5. The second-order valence-electron chi connectivity index (χ2n) is 5.96. The maximum atomic E-state index is 12.2. The number of nitrogens with two attached hydrogens (primary N) is 1. The monoisotopic (exact) mass is 278 g/mol. The van der Waals surface area contributed by atoms with Gasteiger partial charge in [-0.2, -0.15) is 0 Å². The van der Waals surface area contributed by atoms with Gasteiger partial charge in [0.2, 0.25) is 0 Å². The first-order valence-electron chi connectivity index (χ1n) is 6.49. The van der Waals surface area contributed by atoms with Crippen LogP contribution in [0.1, 0.15) is 43.5 Å². The Morgan fingerprint density at radius 3 is 2.85 bits per heavy atom. The molecule has 7 nitrogen and oxygen atoms in total. The van der Waals surface area contributed by atoms with E-state index >= 15 is 0 Å². The molecule has 1 atom stereocenters. The van der Waals surface area contributed by atoms with Crippen LogP contribution in [0.25, 0.3) is 0 Å². The van der Waals surface area contributed by atoms with Crippen LogP contribution in [-0.2, 0) is 0 Å². The van der Waals surface area contributed by atoms with E-state index in [-0.39, 0.29) is 28.5 Å². The van der Waals surface area contributed by atoms with Gasteiger partial charge in [-0.25, -0.2) is 4.98 Å². The number of hydrogen-bond donors (Lipinski definition) is 2. The van der Waals surface area contributed by atoms with Gasteiger partial charge in [-0.3, -0.25) is 14.9 Å². The minimum atomic E-state index is -0.625. The third kappa shape index (κ3) is 3.04. The smallest absolute Gasteiger partial charge is 0.300 e. The molecule has 0 saturated heterocycles. The van der Waals surface area contributed by atoms with Crippen LogP contribution in [0.2, 0.25) is 0 Å². The maximum absolute atomic E-state index is 12.2. The number of rotatable bonds is 3. The predicted molar refractivity (Wildman–Crippen MR) is 74.2 cm³/mol. The van der Waals surface area contributed by atoms with Gasteiger partial charge in [0.25, 0.3) is 11.6 Å². The molecule has 7 heteroatoms. The summed E-state index contributed by atoms with van der Waals surface area (Å²) in [6.45, 7) is 4.29. The number of amides is 1. The lowest BCUT2D eigenvalue weighted by Gasteiger charge is -2.17. The molecule has 3 N–H and O–H groups in total. The molecule has 1 aromatic rings. The van der Waals surface area contributed by atoms with E-state index in [1.54, 1.807) is 0 Å². The molecule has 1 aliphatic rings. The molecule has 0 bridgehead atoms. The number of carbonyl (C=O) groups is 1. The first-order valence-corrected chi connectivity index (χ1v) is 6.49. The molecule has 1 fully saturated rings. The van der Waals surface area contributed by atoms with E-state index in [0.29, 0.717) is 0 Å². The van der Waals surface area contributed by atoms with Crippen molar-refractivity contribution in [3.8, 4) is 0 Å². The zero-order chi connectivity index (χ0) is 14.9. The van der Waals surface area contributed by atoms with Gasteiger partial charge >= 0.3 is 0 Å². The van der Waals surface area contributed by atoms with Crippen LogP contribution in [0.3, 0.4) is 0 Å². The first kappa shape index (κ1) is 14.2. The van der Waals surface area contributed by atoms with Gasteiger partial charge in [-0.1, -0.05) is 13.8 Å². The number of nitrogens with zero attached hydrogens (tertiary/aromatic N) is 2. The number of nitro groups is 1. The van der Waals surface area contributed by atoms with Gasteiger partial charge in [0.15, 0.2) is 0 Å². The molecule has 1 amide bonds. The maximum Gasteiger partial charge on any atom is 0.300 e. The van der Waals surface area contributed by atoms with E-state index in [1.165, 1.54) is 6.07 Å². The Labute approximate surface area is 116 Å². The quantitative estimate of drug-likeness (QED) is 0.647. The van der Waals surface area contributed by atoms with Gasteiger partial charge in [0.05, 0.1) is 4.92 Å². The Balaban J connectivity index is 2.17. The summed E-state index contributed by atoms with van der Waals surface area (Å²) < 4.78 is 0. The topological polar surface area (TPSA) is 111 Å². The summed E-state index contributed by atoms with van der Waals surface area (Å²) in [4.78, 5) is 26.1. The molecule has 1 saturated carbocycles. The average molecular weight is 278 g/mol. The number of anilines is 1. The van der Waals surface area contributed by atoms with Crippen molar-refractivity contribution in [2.75, 3.05) is 5.73 Å². The van der Waals surface area contributed by atoms with Crippen molar-refractivity contribution < 1.29 is 9.72 Å². The zero-order valence-electron chi connectivity index (χ0n) is 11.5. The Bertz CT molecular complexity index is 557. The normalized spacial score (nSPS) is 20.6. The number of carbonyl (C=O) groups excluding carboxylic acids is 1. The van der Waals surface area contributed by atoms with E-state index in [0.717, 1.165) is 25.5 Å². The van der Waals surface area contributed by atoms with Crippen LogP contribution >= 0.6 is 0 Å². The van der Waals surface area contributed by atoms with Gasteiger partial charge in [0, 0.05) is 6.04 Å². The van der Waals surface area contributed by atoms with Crippen LogP contribution < -0.4 is 11.1 Å². The fourth-order valence-electron chi connectivity index (χ4n) is 2.61. The standard InChI is InChI=1S/C13H18N4O3/c1-13(2)4-3-8(6-13)16-12(18)9-5-11(14)15-7-10(9)17(19)20/h5,7-8H,3-4,6H2,1-2H3,(H2,14,15)(H,16,18). The molecular formula is C13H18N4O3. The van der Waals surface area contributed by atoms with Crippen LogP contribution in [0.5, 0.6) is 0 Å². The van der Waals surface area contributed by atoms with Gasteiger partial charge < -0.3 is 11.1 Å². The molecule has 1 aromatic heterocycles. The fourth-order valence-corrected chi connectivity index (χ4v) is 2.61. The van der Waals surface area contributed by atoms with E-state index in [4.69, 9.17) is 5.73 Å². The summed E-state index contributed by atoms with van der Waals surface area (Å²) in [5, 5.41) is 13.8. The van der Waals surface area contributed by atoms with Crippen molar-refractivity contribution in [2.24, 2.45) is 5.41 Å². The van der Waals surface area contributed by atoms with Crippen molar-refractivity contribution in [3.05, 3.63) is 27.9 Å². The molecule has 0 spiro atoms. The summed E-state index contributed by atoms with van der Waals surface area (Å²) in [7, 11) is 0. The molecule has 108 valence electrons. The Hall–Kier alpha value is -2.18. The lowest BCUT2D eigenvalue weighted by atomic mass is 9.92. The van der Waals surface area contributed by atoms with Crippen LogP contribution in [0.15, 0.2) is 12.3 Å². The van der Waals surface area contributed by atoms with Crippen LogP contribution in [-0.4, -0.2) is 21.9 Å². The molecule has 2 rings (SSSR count). The summed E-state index contributed by atoms with van der Waals surface area (Å²) in [6, 6.07) is 1.29. The molecule has 0 aliphatic heterocycles. The van der Waals surface area contributed by atoms with Gasteiger partial charge in [-0.05, 0) is 30.7 Å². The fraction of sp³-hybridized carbons (Fsp3) is 0.538. The Morgan fingerprint density at radius 2 is 2.30 bits per heavy atom. The Kier molecular flexibility index (Phi) is 3.61. The lowest BCUT2D eigenvalue weighted by molar-refractivity contribution is -0.385. The highest BCUT2D eigenvalue weighted by Gasteiger charge is 2.33. The average Bonchev–Trinajstić information content (AvgIpc) is 2.68. The van der Waals surface area contributed by atoms with Gasteiger partial charge in [0.1, 0.15) is 17.6 Å². The van der Waals surface area contributed by atoms with E-state index in [9.17, 15) is 14.9 Å². The van der Waals surface area contributed by atoms with Crippen molar-refractivity contribution in [1.82, 2.24) is 10.3 Å². The van der Waals surface area contributed by atoms with E-state index < -0.39 is 10.8 Å². The molecule has 0 radical (unpaired) electrons. The minimum absolute atomic E-state index is 0.0350. The lowest BCUT2D eigenvalue weighted by Crippen LogP contribution is -2.34. The number of pyridine rings is 1. The number of aromatic nitrogens is 1. The third-order valence-electron chi connectivity index (χ3n) is 3.65. The highest BCUT2D eigenvalue weighted by atomic mass is 16.6. The summed E-state index contributed by atoms with van der Waals surface area (Å²) >= 11 is 0. The number of nitrogens with one attached hydrogen (secondary N) is 1. The van der Waals surface area contributed by atoms with Crippen LogP contribution in [0, 0.1) is 15.5 Å². The first-order chi connectivity index (χ1) is 9.28. The predicted octanol–water partition coefficient (Wildman–Crippen LogP) is 1.88. The molecule has 0 aromatic carbocycles. The third-order valence-corrected chi connectivity index (χ3v) is 3.65. The van der Waals surface area contributed by atoms with E-state index in [2.05, 4.69) is 24.1 Å². The highest BCUT2D eigenvalue weighted by molar-refractivity contribution is 5.98. The summed E-state index contributed by atoms with van der Waals surface area (Å²) in [5.74, 6) is -0.374. The second kappa shape index (κ2) is 5.07. The van der Waals surface area contributed by atoms with Crippen LogP contribution in [0.4, 0.5) is 11.5 Å². The summed E-state index contributed by atoms with van der Waals surface area (Å²) in [5.41, 5.74) is 5.34. The molecule has 1 aliphatic carbocycles. The van der Waals surface area contributed by atoms with Crippen molar-refractivity contribution in [2.45, 2.75) is 39.2 Å². The largest absolute Gasteiger partial charge is 0.384 e. The number of hydrogen-bond acceptors (Lipinski definition) is 5. The van der Waals surface area contributed by atoms with Gasteiger partial charge in [-0.15, -0.1) is 0 Å². The highest BCUT2D eigenvalue weighted by Crippen LogP contribution is 2.37. The minimum Gasteiger partial charge on any atom is -0.384 e. The van der Waals surface area contributed by atoms with E-state index in [1.807, 2.05) is 0 Å². The van der Waals surface area contributed by atoms with Crippen molar-refractivity contribution in [3.63, 3.8) is 0 Å².